The smallest absolute Gasteiger partial charge is 0.116 e. The molecule has 14 heavy (non-hydrogen) atoms. The van der Waals surface area contributed by atoms with Gasteiger partial charge in [0.05, 0.1) is 5.71 Å². The first-order valence-electron chi connectivity index (χ1n) is 4.30. The molecule has 0 spiro atoms. The summed E-state index contributed by atoms with van der Waals surface area (Å²) in [4.78, 5) is 7.86. The second kappa shape index (κ2) is 3.83. The fraction of sp³-hybridized carbons (Fsp3) is 0.100. The molecule has 0 aliphatic carbocycles. The van der Waals surface area contributed by atoms with E-state index in [1.165, 1.54) is 0 Å². The van der Waals surface area contributed by atoms with E-state index in [1.807, 2.05) is 19.1 Å². The third kappa shape index (κ3) is 1.85. The standard InChI is InChI=1S/C10H10N4/c1-9(10-2-4-11-5-3-10)13-14-7-6-12-8-14/h2-8H,1H3. The molecule has 0 unspecified atom stereocenters. The molecule has 0 radical (unpaired) electrons. The molecule has 0 aromatic carbocycles. The highest BCUT2D eigenvalue weighted by molar-refractivity contribution is 5.98. The zero-order valence-corrected chi connectivity index (χ0v) is 7.83. The van der Waals surface area contributed by atoms with Gasteiger partial charge in [-0.05, 0) is 19.1 Å². The van der Waals surface area contributed by atoms with Crippen LogP contribution in [-0.4, -0.2) is 20.4 Å². The lowest BCUT2D eigenvalue weighted by Crippen LogP contribution is -1.98. The third-order valence-electron chi connectivity index (χ3n) is 1.85. The van der Waals surface area contributed by atoms with Gasteiger partial charge in [0.1, 0.15) is 6.33 Å². The average molecular weight is 186 g/mol. The normalized spacial score (nSPS) is 11.6. The van der Waals surface area contributed by atoms with Crippen LogP contribution in [0.3, 0.4) is 0 Å². The van der Waals surface area contributed by atoms with E-state index in [2.05, 4.69) is 15.1 Å². The molecule has 0 bridgehead atoms. The Morgan fingerprint density at radius 1 is 1.21 bits per heavy atom. The Hall–Kier alpha value is -1.97. The summed E-state index contributed by atoms with van der Waals surface area (Å²) in [6, 6.07) is 3.85. The van der Waals surface area contributed by atoms with Crippen LogP contribution in [0.15, 0.2) is 48.3 Å². The highest BCUT2D eigenvalue weighted by atomic mass is 15.4. The van der Waals surface area contributed by atoms with Gasteiger partial charge in [0.15, 0.2) is 0 Å². The quantitative estimate of drug-likeness (QED) is 0.668. The summed E-state index contributed by atoms with van der Waals surface area (Å²) in [7, 11) is 0. The van der Waals surface area contributed by atoms with Gasteiger partial charge in [-0.1, -0.05) is 0 Å². The van der Waals surface area contributed by atoms with Gasteiger partial charge in [-0.2, -0.15) is 5.10 Å². The van der Waals surface area contributed by atoms with Gasteiger partial charge in [-0.3, -0.25) is 4.98 Å². The predicted molar refractivity (Wildman–Crippen MR) is 54.1 cm³/mol. The maximum absolute atomic E-state index is 4.33. The van der Waals surface area contributed by atoms with E-state index in [0.29, 0.717) is 0 Å². The maximum Gasteiger partial charge on any atom is 0.116 e. The summed E-state index contributed by atoms with van der Waals surface area (Å²) < 4.78 is 1.68. The highest BCUT2D eigenvalue weighted by Gasteiger charge is 1.95. The van der Waals surface area contributed by atoms with Crippen LogP contribution >= 0.6 is 0 Å². The van der Waals surface area contributed by atoms with Crippen molar-refractivity contribution in [3.63, 3.8) is 0 Å². The van der Waals surface area contributed by atoms with Crippen molar-refractivity contribution in [3.8, 4) is 0 Å². The summed E-state index contributed by atoms with van der Waals surface area (Å²) in [6.45, 7) is 1.95. The lowest BCUT2D eigenvalue weighted by atomic mass is 10.2. The molecule has 0 aliphatic heterocycles. The molecule has 0 atom stereocenters. The van der Waals surface area contributed by atoms with E-state index < -0.39 is 0 Å². The molecule has 2 heterocycles. The van der Waals surface area contributed by atoms with Crippen LogP contribution in [0, 0.1) is 0 Å². The van der Waals surface area contributed by atoms with Crippen molar-refractivity contribution in [1.29, 1.82) is 0 Å². The Morgan fingerprint density at radius 2 is 2.00 bits per heavy atom. The first kappa shape index (κ1) is 8.62. The van der Waals surface area contributed by atoms with Crippen molar-refractivity contribution < 1.29 is 0 Å². The number of hydrogen-bond acceptors (Lipinski definition) is 3. The molecule has 0 aliphatic rings. The predicted octanol–water partition coefficient (Wildman–Crippen LogP) is 1.55. The van der Waals surface area contributed by atoms with Crippen LogP contribution < -0.4 is 0 Å². The Bertz CT molecular complexity index is 417. The second-order valence-electron chi connectivity index (χ2n) is 2.86. The first-order chi connectivity index (χ1) is 6.86. The molecule has 0 saturated heterocycles. The molecule has 0 amide bonds. The number of nitrogens with zero attached hydrogens (tertiary/aromatic N) is 4. The molecule has 0 fully saturated rings. The largest absolute Gasteiger partial charge is 0.265 e. The lowest BCUT2D eigenvalue weighted by molar-refractivity contribution is 0.874. The summed E-state index contributed by atoms with van der Waals surface area (Å²) in [5.74, 6) is 0. The first-order valence-corrected chi connectivity index (χ1v) is 4.30. The van der Waals surface area contributed by atoms with Gasteiger partial charge in [0, 0.05) is 30.4 Å². The number of pyridine rings is 1. The fourth-order valence-electron chi connectivity index (χ4n) is 1.14. The van der Waals surface area contributed by atoms with Gasteiger partial charge >= 0.3 is 0 Å². The van der Waals surface area contributed by atoms with E-state index in [1.54, 1.807) is 35.8 Å². The third-order valence-corrected chi connectivity index (χ3v) is 1.85. The number of aromatic nitrogens is 3. The van der Waals surface area contributed by atoms with Crippen LogP contribution in [0.1, 0.15) is 12.5 Å². The molecule has 2 aromatic heterocycles. The zero-order valence-electron chi connectivity index (χ0n) is 7.83. The monoisotopic (exact) mass is 186 g/mol. The van der Waals surface area contributed by atoms with Gasteiger partial charge in [-0.15, -0.1) is 0 Å². The van der Waals surface area contributed by atoms with E-state index in [0.717, 1.165) is 11.3 Å². The minimum atomic E-state index is 0.936. The number of rotatable bonds is 2. The van der Waals surface area contributed by atoms with E-state index in [4.69, 9.17) is 0 Å². The highest BCUT2D eigenvalue weighted by Crippen LogP contribution is 1.99. The van der Waals surface area contributed by atoms with Crippen LogP contribution in [0.25, 0.3) is 0 Å². The van der Waals surface area contributed by atoms with E-state index in [-0.39, 0.29) is 0 Å². The van der Waals surface area contributed by atoms with Crippen molar-refractivity contribution in [2.24, 2.45) is 5.10 Å². The molecule has 0 N–H and O–H groups in total. The van der Waals surface area contributed by atoms with Gasteiger partial charge < -0.3 is 0 Å². The lowest BCUT2D eigenvalue weighted by Gasteiger charge is -1.99. The minimum absolute atomic E-state index is 0.936. The Morgan fingerprint density at radius 3 is 2.64 bits per heavy atom. The van der Waals surface area contributed by atoms with Gasteiger partial charge in [-0.25, -0.2) is 9.66 Å². The molecular weight excluding hydrogens is 176 g/mol. The number of hydrogen-bond donors (Lipinski definition) is 0. The molecule has 0 saturated carbocycles. The van der Waals surface area contributed by atoms with Gasteiger partial charge in [0.2, 0.25) is 0 Å². The van der Waals surface area contributed by atoms with E-state index in [9.17, 15) is 0 Å². The van der Waals surface area contributed by atoms with Crippen molar-refractivity contribution >= 4 is 5.71 Å². The molecule has 2 aromatic rings. The van der Waals surface area contributed by atoms with Crippen molar-refractivity contribution in [3.05, 3.63) is 48.8 Å². The average Bonchev–Trinajstić information content (AvgIpc) is 2.72. The molecule has 70 valence electrons. The summed E-state index contributed by atoms with van der Waals surface area (Å²) in [5, 5.41) is 4.33. The molecule has 2 rings (SSSR count). The van der Waals surface area contributed by atoms with Crippen LogP contribution in [0.2, 0.25) is 0 Å². The minimum Gasteiger partial charge on any atom is -0.265 e. The van der Waals surface area contributed by atoms with Crippen LogP contribution in [0.5, 0.6) is 0 Å². The SMILES string of the molecule is CC(=Nn1ccnc1)c1ccncc1. The topological polar surface area (TPSA) is 43.1 Å². The van der Waals surface area contributed by atoms with Crippen molar-refractivity contribution in [1.82, 2.24) is 14.6 Å². The Labute approximate surface area is 81.9 Å². The van der Waals surface area contributed by atoms with Crippen molar-refractivity contribution in [2.75, 3.05) is 0 Å². The maximum atomic E-state index is 4.33. The molecule has 4 heteroatoms. The summed E-state index contributed by atoms with van der Waals surface area (Å²) >= 11 is 0. The Kier molecular flexibility index (Phi) is 2.36. The fourth-order valence-corrected chi connectivity index (χ4v) is 1.14. The second-order valence-corrected chi connectivity index (χ2v) is 2.86. The molecule has 4 nitrogen and oxygen atoms in total. The number of imidazole rings is 1. The van der Waals surface area contributed by atoms with Gasteiger partial charge in [0.25, 0.3) is 0 Å². The summed E-state index contributed by atoms with van der Waals surface area (Å²) in [6.07, 6.45) is 8.66. The zero-order chi connectivity index (χ0) is 9.80. The van der Waals surface area contributed by atoms with Crippen molar-refractivity contribution in [2.45, 2.75) is 6.92 Å². The summed E-state index contributed by atoms with van der Waals surface area (Å²) in [5.41, 5.74) is 2.00. The van der Waals surface area contributed by atoms with E-state index >= 15 is 0 Å². The van der Waals surface area contributed by atoms with Crippen LogP contribution in [-0.2, 0) is 0 Å². The van der Waals surface area contributed by atoms with Crippen LogP contribution in [0.4, 0.5) is 0 Å². The molecular formula is C10H10N4. The Balaban J connectivity index is 2.29.